The van der Waals surface area contributed by atoms with E-state index in [9.17, 15) is 0 Å². The number of nitrogens with zero attached hydrogens (tertiary/aromatic N) is 3. The number of pyridine rings is 1. The lowest BCUT2D eigenvalue weighted by molar-refractivity contribution is 0.145. The molecule has 0 radical (unpaired) electrons. The topological polar surface area (TPSA) is 74.9 Å². The number of aliphatic imine (C=N–C) groups is 1. The summed E-state index contributed by atoms with van der Waals surface area (Å²) >= 11 is 0. The number of halogens is 1. The predicted octanol–water partition coefficient (Wildman–Crippen LogP) is 3.06. The molecule has 28 heavy (non-hydrogen) atoms. The molecule has 0 atom stereocenters. The fourth-order valence-electron chi connectivity index (χ4n) is 2.42. The van der Waals surface area contributed by atoms with E-state index < -0.39 is 0 Å². The van der Waals surface area contributed by atoms with Crippen molar-refractivity contribution in [1.29, 1.82) is 0 Å². The van der Waals surface area contributed by atoms with Crippen LogP contribution < -0.4 is 15.5 Å². The largest absolute Gasteiger partial charge is 0.469 e. The Kier molecular flexibility index (Phi) is 12.3. The minimum atomic E-state index is 0. The summed E-state index contributed by atoms with van der Waals surface area (Å²) in [4.78, 5) is 11.3. The van der Waals surface area contributed by atoms with Gasteiger partial charge in [0.1, 0.15) is 11.6 Å². The SMILES string of the molecule is CCOCCCNC(=NCc1cccc(N(C)C)n1)NCCc1ccco1.I. The second kappa shape index (κ2) is 14.2. The monoisotopic (exact) mass is 501 g/mol. The highest BCUT2D eigenvalue weighted by molar-refractivity contribution is 14.0. The molecule has 2 rings (SSSR count). The molecule has 0 saturated carbocycles. The van der Waals surface area contributed by atoms with Gasteiger partial charge >= 0.3 is 0 Å². The van der Waals surface area contributed by atoms with Crippen molar-refractivity contribution in [2.75, 3.05) is 45.3 Å². The van der Waals surface area contributed by atoms with Crippen LogP contribution >= 0.6 is 24.0 Å². The van der Waals surface area contributed by atoms with Crippen LogP contribution in [0.4, 0.5) is 5.82 Å². The Labute approximate surface area is 185 Å². The molecule has 2 aromatic rings. The summed E-state index contributed by atoms with van der Waals surface area (Å²) in [7, 11) is 3.97. The molecule has 156 valence electrons. The zero-order chi connectivity index (χ0) is 19.3. The average Bonchev–Trinajstić information content (AvgIpc) is 3.19. The van der Waals surface area contributed by atoms with Crippen LogP contribution in [0.5, 0.6) is 0 Å². The summed E-state index contributed by atoms with van der Waals surface area (Å²) < 4.78 is 10.8. The summed E-state index contributed by atoms with van der Waals surface area (Å²) in [5, 5.41) is 6.71. The van der Waals surface area contributed by atoms with E-state index in [0.29, 0.717) is 6.54 Å². The van der Waals surface area contributed by atoms with Gasteiger partial charge in [0, 0.05) is 46.8 Å². The zero-order valence-corrected chi connectivity index (χ0v) is 19.3. The van der Waals surface area contributed by atoms with E-state index in [0.717, 1.165) is 62.4 Å². The Morgan fingerprint density at radius 1 is 1.18 bits per heavy atom. The van der Waals surface area contributed by atoms with Crippen LogP contribution in [0, 0.1) is 0 Å². The van der Waals surface area contributed by atoms with Crippen molar-refractivity contribution in [2.45, 2.75) is 26.3 Å². The standard InChI is InChI=1S/C20H31N5O2.HI/c1-4-26-14-7-12-21-20(22-13-11-18-9-6-15-27-18)23-16-17-8-5-10-19(24-17)25(2)3;/h5-6,8-10,15H,4,7,11-14,16H2,1-3H3,(H2,21,22,23);1H. The summed E-state index contributed by atoms with van der Waals surface area (Å²) in [6.45, 7) is 5.56. The van der Waals surface area contributed by atoms with Crippen LogP contribution in [0.2, 0.25) is 0 Å². The average molecular weight is 501 g/mol. The highest BCUT2D eigenvalue weighted by Crippen LogP contribution is 2.08. The van der Waals surface area contributed by atoms with Gasteiger partial charge in [-0.05, 0) is 37.6 Å². The van der Waals surface area contributed by atoms with Gasteiger partial charge in [-0.15, -0.1) is 24.0 Å². The molecule has 8 heteroatoms. The van der Waals surface area contributed by atoms with E-state index in [1.165, 1.54) is 0 Å². The van der Waals surface area contributed by atoms with Crippen molar-refractivity contribution in [3.8, 4) is 0 Å². The van der Waals surface area contributed by atoms with Crippen molar-refractivity contribution >= 4 is 35.8 Å². The molecule has 2 N–H and O–H groups in total. The van der Waals surface area contributed by atoms with Crippen LogP contribution in [-0.2, 0) is 17.7 Å². The van der Waals surface area contributed by atoms with Gasteiger partial charge in [0.15, 0.2) is 5.96 Å². The quantitative estimate of drug-likeness (QED) is 0.214. The number of anilines is 1. The maximum absolute atomic E-state index is 5.38. The summed E-state index contributed by atoms with van der Waals surface area (Å²) in [5.41, 5.74) is 0.933. The van der Waals surface area contributed by atoms with E-state index in [4.69, 9.17) is 9.15 Å². The second-order valence-electron chi connectivity index (χ2n) is 6.28. The van der Waals surface area contributed by atoms with Gasteiger partial charge in [0.05, 0.1) is 18.5 Å². The zero-order valence-electron chi connectivity index (χ0n) is 17.0. The summed E-state index contributed by atoms with van der Waals surface area (Å²) in [6.07, 6.45) is 3.43. The number of rotatable bonds is 11. The molecule has 0 amide bonds. The van der Waals surface area contributed by atoms with Gasteiger partial charge in [0.25, 0.3) is 0 Å². The fourth-order valence-corrected chi connectivity index (χ4v) is 2.42. The minimum Gasteiger partial charge on any atom is -0.469 e. The van der Waals surface area contributed by atoms with E-state index >= 15 is 0 Å². The Hall–Kier alpha value is -1.81. The Balaban J connectivity index is 0.00000392. The normalized spacial score (nSPS) is 11.0. The third kappa shape index (κ3) is 9.41. The maximum Gasteiger partial charge on any atom is 0.191 e. The first-order chi connectivity index (χ1) is 13.2. The first-order valence-corrected chi connectivity index (χ1v) is 9.44. The summed E-state index contributed by atoms with van der Waals surface area (Å²) in [5.74, 6) is 2.66. The molecule has 2 aromatic heterocycles. The first-order valence-electron chi connectivity index (χ1n) is 9.44. The lowest BCUT2D eigenvalue weighted by Gasteiger charge is -2.13. The van der Waals surface area contributed by atoms with Gasteiger partial charge < -0.3 is 24.7 Å². The molecule has 2 heterocycles. The predicted molar refractivity (Wildman–Crippen MR) is 125 cm³/mol. The Bertz CT molecular complexity index is 677. The number of guanidine groups is 1. The Morgan fingerprint density at radius 2 is 2.00 bits per heavy atom. The van der Waals surface area contributed by atoms with Crippen LogP contribution in [0.3, 0.4) is 0 Å². The Morgan fingerprint density at radius 3 is 2.71 bits per heavy atom. The van der Waals surface area contributed by atoms with Crippen LogP contribution in [0.25, 0.3) is 0 Å². The molecule has 0 aromatic carbocycles. The van der Waals surface area contributed by atoms with E-state index in [2.05, 4.69) is 20.6 Å². The van der Waals surface area contributed by atoms with E-state index in [-0.39, 0.29) is 24.0 Å². The number of nitrogens with one attached hydrogen (secondary N) is 2. The van der Waals surface area contributed by atoms with Gasteiger partial charge in [-0.25, -0.2) is 9.98 Å². The molecule has 0 spiro atoms. The van der Waals surface area contributed by atoms with Gasteiger partial charge in [-0.3, -0.25) is 0 Å². The van der Waals surface area contributed by atoms with Crippen molar-refractivity contribution in [3.05, 3.63) is 48.0 Å². The van der Waals surface area contributed by atoms with Crippen LogP contribution in [0.1, 0.15) is 24.8 Å². The number of hydrogen-bond acceptors (Lipinski definition) is 5. The number of aromatic nitrogens is 1. The molecular weight excluding hydrogens is 469 g/mol. The first kappa shape index (κ1) is 24.2. The number of ether oxygens (including phenoxy) is 1. The molecule has 7 nitrogen and oxygen atoms in total. The highest BCUT2D eigenvalue weighted by atomic mass is 127. The third-order valence-corrected chi connectivity index (χ3v) is 3.86. The van der Waals surface area contributed by atoms with Crippen LogP contribution in [0.15, 0.2) is 46.0 Å². The molecule has 0 unspecified atom stereocenters. The van der Waals surface area contributed by atoms with Crippen molar-refractivity contribution in [1.82, 2.24) is 15.6 Å². The summed E-state index contributed by atoms with van der Waals surface area (Å²) in [6, 6.07) is 9.87. The molecular formula is C20H32IN5O2. The molecule has 0 aliphatic heterocycles. The van der Waals surface area contributed by atoms with E-state index in [1.807, 2.05) is 56.3 Å². The van der Waals surface area contributed by atoms with E-state index in [1.54, 1.807) is 6.26 Å². The van der Waals surface area contributed by atoms with Crippen LogP contribution in [-0.4, -0.2) is 51.3 Å². The second-order valence-corrected chi connectivity index (χ2v) is 6.28. The van der Waals surface area contributed by atoms with Crippen molar-refractivity contribution in [2.24, 2.45) is 4.99 Å². The molecule has 0 saturated heterocycles. The maximum atomic E-state index is 5.38. The lowest BCUT2D eigenvalue weighted by Crippen LogP contribution is -2.39. The fraction of sp³-hybridized carbons (Fsp3) is 0.500. The third-order valence-electron chi connectivity index (χ3n) is 3.86. The molecule has 0 aliphatic rings. The molecule has 0 bridgehead atoms. The van der Waals surface area contributed by atoms with Crippen molar-refractivity contribution < 1.29 is 9.15 Å². The van der Waals surface area contributed by atoms with Crippen molar-refractivity contribution in [3.63, 3.8) is 0 Å². The van der Waals surface area contributed by atoms with Gasteiger partial charge in [0.2, 0.25) is 0 Å². The molecule has 0 fully saturated rings. The number of hydrogen-bond donors (Lipinski definition) is 2. The van der Waals surface area contributed by atoms with Gasteiger partial charge in [-0.2, -0.15) is 0 Å². The highest BCUT2D eigenvalue weighted by Gasteiger charge is 2.03. The minimum absolute atomic E-state index is 0. The molecule has 0 aliphatic carbocycles. The smallest absolute Gasteiger partial charge is 0.191 e. The lowest BCUT2D eigenvalue weighted by atomic mass is 10.3. The van der Waals surface area contributed by atoms with Gasteiger partial charge in [-0.1, -0.05) is 6.07 Å². The number of furan rings is 1.